The lowest BCUT2D eigenvalue weighted by Crippen LogP contribution is -2.44. The first-order valence-corrected chi connectivity index (χ1v) is 7.18. The van der Waals surface area contributed by atoms with E-state index < -0.39 is 0 Å². The fraction of sp³-hybridized carbons (Fsp3) is 0.250. The van der Waals surface area contributed by atoms with Gasteiger partial charge in [-0.15, -0.1) is 0 Å². The zero-order valence-electron chi connectivity index (χ0n) is 11.1. The first kappa shape index (κ1) is 14.1. The lowest BCUT2D eigenvalue weighted by molar-refractivity contribution is 0.521. The molecule has 0 aromatic heterocycles. The van der Waals surface area contributed by atoms with Crippen LogP contribution in [0.15, 0.2) is 59.1 Å². The van der Waals surface area contributed by atoms with E-state index in [1.54, 1.807) is 0 Å². The van der Waals surface area contributed by atoms with Crippen LogP contribution in [-0.4, -0.2) is 12.1 Å². The molecule has 0 heterocycles. The van der Waals surface area contributed by atoms with E-state index in [2.05, 4.69) is 64.6 Å². The highest BCUT2D eigenvalue weighted by Crippen LogP contribution is 2.21. The first-order chi connectivity index (χ1) is 9.11. The van der Waals surface area contributed by atoms with Gasteiger partial charge in [-0.1, -0.05) is 46.3 Å². The number of nitrogens with one attached hydrogen (secondary N) is 1. The van der Waals surface area contributed by atoms with Crippen molar-refractivity contribution in [1.29, 1.82) is 0 Å². The maximum absolute atomic E-state index is 5.96. The van der Waals surface area contributed by atoms with Crippen molar-refractivity contribution < 1.29 is 0 Å². The Morgan fingerprint density at radius 1 is 1.05 bits per heavy atom. The summed E-state index contributed by atoms with van der Waals surface area (Å²) in [6.45, 7) is 2.74. The van der Waals surface area contributed by atoms with Gasteiger partial charge in [-0.3, -0.25) is 0 Å². The van der Waals surface area contributed by atoms with Crippen LogP contribution in [0.1, 0.15) is 12.5 Å². The molecule has 0 amide bonds. The molecule has 3 N–H and O–H groups in total. The normalized spacial score (nSPS) is 13.8. The number of rotatable bonds is 5. The van der Waals surface area contributed by atoms with Gasteiger partial charge in [-0.25, -0.2) is 0 Å². The Kier molecular flexibility index (Phi) is 4.61. The second kappa shape index (κ2) is 6.22. The Morgan fingerprint density at radius 2 is 1.68 bits per heavy atom. The number of benzene rings is 2. The van der Waals surface area contributed by atoms with E-state index in [0.717, 1.165) is 16.6 Å². The molecule has 0 saturated carbocycles. The maximum atomic E-state index is 5.96. The second-order valence-electron chi connectivity index (χ2n) is 5.06. The third-order valence-corrected chi connectivity index (χ3v) is 3.71. The van der Waals surface area contributed by atoms with Crippen LogP contribution in [0, 0.1) is 0 Å². The highest BCUT2D eigenvalue weighted by atomic mass is 79.9. The van der Waals surface area contributed by atoms with Gasteiger partial charge >= 0.3 is 0 Å². The molecule has 0 aliphatic heterocycles. The predicted molar refractivity (Wildman–Crippen MR) is 85.4 cm³/mol. The molecule has 0 spiro atoms. The van der Waals surface area contributed by atoms with E-state index in [4.69, 9.17) is 5.73 Å². The molecule has 1 unspecified atom stereocenters. The van der Waals surface area contributed by atoms with Gasteiger partial charge < -0.3 is 11.1 Å². The first-order valence-electron chi connectivity index (χ1n) is 6.39. The monoisotopic (exact) mass is 318 g/mol. The maximum Gasteiger partial charge on any atom is 0.0507 e. The van der Waals surface area contributed by atoms with Crippen LogP contribution in [0.4, 0.5) is 5.69 Å². The highest BCUT2D eigenvalue weighted by Gasteiger charge is 2.22. The van der Waals surface area contributed by atoms with Gasteiger partial charge in [-0.05, 0) is 43.2 Å². The fourth-order valence-corrected chi connectivity index (χ4v) is 2.36. The van der Waals surface area contributed by atoms with E-state index in [1.807, 2.05) is 18.2 Å². The Labute approximate surface area is 123 Å². The lowest BCUT2D eigenvalue weighted by atomic mass is 9.92. The predicted octanol–water partition coefficient (Wildman–Crippen LogP) is 3.82. The smallest absolute Gasteiger partial charge is 0.0507 e. The highest BCUT2D eigenvalue weighted by molar-refractivity contribution is 9.10. The summed E-state index contributed by atoms with van der Waals surface area (Å²) in [5, 5.41) is 3.53. The third kappa shape index (κ3) is 4.08. The van der Waals surface area contributed by atoms with Gasteiger partial charge in [0.25, 0.3) is 0 Å². The molecule has 0 aliphatic carbocycles. The molecule has 2 aromatic rings. The summed E-state index contributed by atoms with van der Waals surface area (Å²) < 4.78 is 1.08. The van der Waals surface area contributed by atoms with Gasteiger partial charge in [0, 0.05) is 16.7 Å². The van der Waals surface area contributed by atoms with Crippen LogP contribution in [0.25, 0.3) is 0 Å². The molecule has 0 saturated heterocycles. The molecule has 0 radical (unpaired) electrons. The van der Waals surface area contributed by atoms with Crippen molar-refractivity contribution in [2.45, 2.75) is 18.9 Å². The SMILES string of the molecule is CC(CN)(Cc1ccccc1)Nc1ccc(Br)cc1. The van der Waals surface area contributed by atoms with Crippen molar-refractivity contribution in [3.05, 3.63) is 64.6 Å². The minimum Gasteiger partial charge on any atom is -0.378 e. The number of hydrogen-bond acceptors (Lipinski definition) is 2. The van der Waals surface area contributed by atoms with Crippen molar-refractivity contribution in [2.75, 3.05) is 11.9 Å². The van der Waals surface area contributed by atoms with Crippen molar-refractivity contribution >= 4 is 21.6 Å². The zero-order valence-corrected chi connectivity index (χ0v) is 12.7. The van der Waals surface area contributed by atoms with Crippen LogP contribution >= 0.6 is 15.9 Å². The Morgan fingerprint density at radius 3 is 2.26 bits per heavy atom. The van der Waals surface area contributed by atoms with E-state index in [1.165, 1.54) is 5.56 Å². The van der Waals surface area contributed by atoms with Crippen LogP contribution in [0.3, 0.4) is 0 Å². The number of nitrogens with two attached hydrogens (primary N) is 1. The largest absolute Gasteiger partial charge is 0.378 e. The molecule has 2 nitrogen and oxygen atoms in total. The summed E-state index contributed by atoms with van der Waals surface area (Å²) in [6.07, 6.45) is 0.903. The van der Waals surface area contributed by atoms with Crippen molar-refractivity contribution in [3.63, 3.8) is 0 Å². The van der Waals surface area contributed by atoms with Crippen LogP contribution < -0.4 is 11.1 Å². The number of hydrogen-bond donors (Lipinski definition) is 2. The van der Waals surface area contributed by atoms with Crippen molar-refractivity contribution in [2.24, 2.45) is 5.73 Å². The summed E-state index contributed by atoms with van der Waals surface area (Å²) in [7, 11) is 0. The van der Waals surface area contributed by atoms with Gasteiger partial charge in [0.1, 0.15) is 0 Å². The van der Waals surface area contributed by atoms with E-state index in [-0.39, 0.29) is 5.54 Å². The summed E-state index contributed by atoms with van der Waals surface area (Å²) in [6, 6.07) is 18.6. The standard InChI is InChI=1S/C16H19BrN2/c1-16(12-18,11-13-5-3-2-4-6-13)19-15-9-7-14(17)8-10-15/h2-10,19H,11-12,18H2,1H3. The Hall–Kier alpha value is -1.32. The summed E-state index contributed by atoms with van der Waals surface area (Å²) in [5.74, 6) is 0. The van der Waals surface area contributed by atoms with E-state index in [9.17, 15) is 0 Å². The topological polar surface area (TPSA) is 38.0 Å². The van der Waals surface area contributed by atoms with Gasteiger partial charge in [0.05, 0.1) is 5.54 Å². The molecule has 2 aromatic carbocycles. The summed E-state index contributed by atoms with van der Waals surface area (Å²) in [5.41, 5.74) is 8.20. The molecular weight excluding hydrogens is 300 g/mol. The van der Waals surface area contributed by atoms with Crippen molar-refractivity contribution in [3.8, 4) is 0 Å². The third-order valence-electron chi connectivity index (χ3n) is 3.18. The Balaban J connectivity index is 2.11. The van der Waals surface area contributed by atoms with E-state index in [0.29, 0.717) is 6.54 Å². The fourth-order valence-electron chi connectivity index (χ4n) is 2.10. The van der Waals surface area contributed by atoms with Gasteiger partial charge in [0.15, 0.2) is 0 Å². The molecule has 3 heteroatoms. The molecule has 0 fully saturated rings. The van der Waals surface area contributed by atoms with Crippen LogP contribution in [0.2, 0.25) is 0 Å². The number of anilines is 1. The molecule has 2 rings (SSSR count). The summed E-state index contributed by atoms with van der Waals surface area (Å²) in [4.78, 5) is 0. The average Bonchev–Trinajstić information content (AvgIpc) is 2.42. The molecular formula is C16H19BrN2. The summed E-state index contributed by atoms with van der Waals surface area (Å²) >= 11 is 3.44. The molecule has 19 heavy (non-hydrogen) atoms. The van der Waals surface area contributed by atoms with Crippen LogP contribution in [0.5, 0.6) is 0 Å². The minimum absolute atomic E-state index is 0.144. The van der Waals surface area contributed by atoms with Gasteiger partial charge in [-0.2, -0.15) is 0 Å². The second-order valence-corrected chi connectivity index (χ2v) is 5.97. The average molecular weight is 319 g/mol. The van der Waals surface area contributed by atoms with Crippen molar-refractivity contribution in [1.82, 2.24) is 0 Å². The van der Waals surface area contributed by atoms with E-state index >= 15 is 0 Å². The zero-order chi connectivity index (χ0) is 13.7. The van der Waals surface area contributed by atoms with Crippen LogP contribution in [-0.2, 0) is 6.42 Å². The quantitative estimate of drug-likeness (QED) is 0.879. The molecule has 100 valence electrons. The molecule has 0 bridgehead atoms. The van der Waals surface area contributed by atoms with Gasteiger partial charge in [0.2, 0.25) is 0 Å². The minimum atomic E-state index is -0.144. The molecule has 1 atom stereocenters. The number of halogens is 1. The Bertz CT molecular complexity index is 510. The lowest BCUT2D eigenvalue weighted by Gasteiger charge is -2.31. The molecule has 0 aliphatic rings.